The highest BCUT2D eigenvalue weighted by atomic mass is 32.2. The summed E-state index contributed by atoms with van der Waals surface area (Å²) in [6.07, 6.45) is 1.05. The summed E-state index contributed by atoms with van der Waals surface area (Å²) in [5, 5.41) is 0. The molecule has 0 aliphatic carbocycles. The Hall–Kier alpha value is -0.870. The van der Waals surface area contributed by atoms with Gasteiger partial charge in [0.25, 0.3) is 0 Å². The van der Waals surface area contributed by atoms with Crippen molar-refractivity contribution < 1.29 is 4.74 Å². The number of fused-ring (bicyclic) bond motifs is 1. The molecule has 1 atom stereocenters. The average molecular weight is 292 g/mol. The maximum atomic E-state index is 6.27. The Morgan fingerprint density at radius 1 is 1.30 bits per heavy atom. The molecule has 0 radical (unpaired) electrons. The van der Waals surface area contributed by atoms with Gasteiger partial charge < -0.3 is 15.4 Å². The van der Waals surface area contributed by atoms with Crippen molar-refractivity contribution in [1.29, 1.82) is 0 Å². The van der Waals surface area contributed by atoms with E-state index in [1.54, 1.807) is 0 Å². The average Bonchev–Trinajstić information content (AvgIpc) is 2.56. The number of rotatable bonds is 1. The number of nitrogens with two attached hydrogens (primary N) is 1. The van der Waals surface area contributed by atoms with Crippen molar-refractivity contribution in [3.05, 3.63) is 18.2 Å². The molecular weight excluding hydrogens is 268 g/mol. The van der Waals surface area contributed by atoms with Crippen molar-refractivity contribution in [3.63, 3.8) is 0 Å². The van der Waals surface area contributed by atoms with E-state index in [1.165, 1.54) is 10.6 Å². The summed E-state index contributed by atoms with van der Waals surface area (Å²) in [6, 6.07) is 6.66. The summed E-state index contributed by atoms with van der Waals surface area (Å²) in [4.78, 5) is 3.85. The zero-order valence-electron chi connectivity index (χ0n) is 12.8. The van der Waals surface area contributed by atoms with Gasteiger partial charge in [0, 0.05) is 22.9 Å². The van der Waals surface area contributed by atoms with Gasteiger partial charge in [-0.3, -0.25) is 0 Å². The lowest BCUT2D eigenvalue weighted by atomic mass is 9.92. The number of nitrogen functional groups attached to an aromatic ring is 1. The predicted molar refractivity (Wildman–Crippen MR) is 86.6 cm³/mol. The van der Waals surface area contributed by atoms with Crippen molar-refractivity contribution >= 4 is 23.1 Å². The van der Waals surface area contributed by atoms with Gasteiger partial charge in [-0.1, -0.05) is 0 Å². The first-order chi connectivity index (χ1) is 9.28. The normalized spacial score (nSPS) is 27.4. The number of benzene rings is 1. The third-order valence-electron chi connectivity index (χ3n) is 4.29. The van der Waals surface area contributed by atoms with Gasteiger partial charge in [0.1, 0.15) is 0 Å². The van der Waals surface area contributed by atoms with Crippen molar-refractivity contribution in [3.8, 4) is 0 Å². The number of nitrogens with zero attached hydrogens (tertiary/aromatic N) is 1. The van der Waals surface area contributed by atoms with Crippen LogP contribution in [0.5, 0.6) is 0 Å². The van der Waals surface area contributed by atoms with Gasteiger partial charge in [-0.25, -0.2) is 0 Å². The van der Waals surface area contributed by atoms with E-state index in [1.807, 2.05) is 17.8 Å². The molecule has 1 aromatic rings. The fourth-order valence-electron chi connectivity index (χ4n) is 3.60. The van der Waals surface area contributed by atoms with Crippen molar-refractivity contribution in [2.75, 3.05) is 22.9 Å². The van der Waals surface area contributed by atoms with Gasteiger partial charge in [-0.2, -0.15) is 0 Å². The van der Waals surface area contributed by atoms with Gasteiger partial charge in [0.15, 0.2) is 0 Å². The summed E-state index contributed by atoms with van der Waals surface area (Å²) in [6.45, 7) is 9.86. The van der Waals surface area contributed by atoms with Gasteiger partial charge >= 0.3 is 0 Å². The largest absolute Gasteiger partial charge is 0.399 e. The summed E-state index contributed by atoms with van der Waals surface area (Å²) in [7, 11) is 0. The minimum Gasteiger partial charge on any atom is -0.399 e. The van der Waals surface area contributed by atoms with Crippen LogP contribution in [0.4, 0.5) is 11.4 Å². The zero-order valence-corrected chi connectivity index (χ0v) is 13.6. The highest BCUT2D eigenvalue weighted by molar-refractivity contribution is 7.99. The molecule has 110 valence electrons. The number of hydrogen-bond acceptors (Lipinski definition) is 4. The second kappa shape index (κ2) is 4.57. The molecule has 4 heteroatoms. The van der Waals surface area contributed by atoms with Crippen molar-refractivity contribution in [1.82, 2.24) is 0 Å². The molecule has 0 spiro atoms. The van der Waals surface area contributed by atoms with E-state index in [-0.39, 0.29) is 11.2 Å². The first-order valence-electron chi connectivity index (χ1n) is 7.28. The molecule has 1 saturated heterocycles. The van der Waals surface area contributed by atoms with Crippen LogP contribution in [0.3, 0.4) is 0 Å². The Kier molecular flexibility index (Phi) is 3.22. The van der Waals surface area contributed by atoms with Crippen molar-refractivity contribution in [2.45, 2.75) is 56.3 Å². The number of anilines is 2. The van der Waals surface area contributed by atoms with E-state index in [0.29, 0.717) is 6.04 Å². The van der Waals surface area contributed by atoms with Crippen LogP contribution in [0.15, 0.2) is 23.1 Å². The lowest BCUT2D eigenvalue weighted by molar-refractivity contribution is -0.0679. The van der Waals surface area contributed by atoms with Gasteiger partial charge in [-0.05, 0) is 52.3 Å². The van der Waals surface area contributed by atoms with Crippen LogP contribution in [-0.2, 0) is 4.74 Å². The van der Waals surface area contributed by atoms with Gasteiger partial charge in [-0.15, -0.1) is 11.8 Å². The fourth-order valence-corrected chi connectivity index (χ4v) is 4.59. The van der Waals surface area contributed by atoms with E-state index < -0.39 is 0 Å². The van der Waals surface area contributed by atoms with Crippen LogP contribution in [0.25, 0.3) is 0 Å². The van der Waals surface area contributed by atoms with Crippen LogP contribution >= 0.6 is 11.8 Å². The van der Waals surface area contributed by atoms with E-state index >= 15 is 0 Å². The Morgan fingerprint density at radius 2 is 2.05 bits per heavy atom. The second-order valence-corrected chi connectivity index (χ2v) is 8.09. The molecule has 0 aromatic heterocycles. The Morgan fingerprint density at radius 3 is 2.70 bits per heavy atom. The number of ether oxygens (including phenoxy) is 1. The molecule has 1 aromatic carbocycles. The molecule has 3 nitrogen and oxygen atoms in total. The highest BCUT2D eigenvalue weighted by Gasteiger charge is 2.49. The molecule has 3 rings (SSSR count). The molecule has 2 N–H and O–H groups in total. The van der Waals surface area contributed by atoms with Gasteiger partial charge in [0.2, 0.25) is 0 Å². The van der Waals surface area contributed by atoms with Crippen molar-refractivity contribution in [2.24, 2.45) is 0 Å². The maximum absolute atomic E-state index is 6.27. The monoisotopic (exact) mass is 292 g/mol. The quantitative estimate of drug-likeness (QED) is 0.804. The minimum atomic E-state index is -0.132. The van der Waals surface area contributed by atoms with E-state index in [9.17, 15) is 0 Å². The smallest absolute Gasteiger partial charge is 0.0837 e. The topological polar surface area (TPSA) is 38.5 Å². The standard InChI is InChI=1S/C16H24N2OS/c1-15(2)10-14(16(3,4)19-15)18-7-8-20-13-6-5-11(17)9-12(13)18/h5-6,9,14H,7-8,10,17H2,1-4H3. The SMILES string of the molecule is CC1(C)CC(N2CCSc3ccc(N)cc32)C(C)(C)O1. The lowest BCUT2D eigenvalue weighted by Gasteiger charge is -2.41. The molecule has 1 fully saturated rings. The van der Waals surface area contributed by atoms with Crippen LogP contribution in [0.1, 0.15) is 34.1 Å². The lowest BCUT2D eigenvalue weighted by Crippen LogP contribution is -2.48. The summed E-state index contributed by atoms with van der Waals surface area (Å²) >= 11 is 1.92. The van der Waals surface area contributed by atoms with E-state index in [0.717, 1.165) is 24.4 Å². The fraction of sp³-hybridized carbons (Fsp3) is 0.625. The summed E-state index contributed by atoms with van der Waals surface area (Å²) in [5.41, 5.74) is 7.93. The zero-order chi connectivity index (χ0) is 14.5. The third-order valence-corrected chi connectivity index (χ3v) is 5.33. The molecule has 0 saturated carbocycles. The first-order valence-corrected chi connectivity index (χ1v) is 8.26. The molecule has 2 heterocycles. The molecule has 1 unspecified atom stereocenters. The molecule has 0 amide bonds. The van der Waals surface area contributed by atoms with Gasteiger partial charge in [0.05, 0.1) is 22.9 Å². The maximum Gasteiger partial charge on any atom is 0.0837 e. The van der Waals surface area contributed by atoms with E-state index in [4.69, 9.17) is 10.5 Å². The van der Waals surface area contributed by atoms with Crippen LogP contribution in [0.2, 0.25) is 0 Å². The molecule has 2 aliphatic heterocycles. The predicted octanol–water partition coefficient (Wildman–Crippen LogP) is 3.53. The molecule has 2 aliphatic rings. The Balaban J connectivity index is 1.99. The number of hydrogen-bond donors (Lipinski definition) is 1. The van der Waals surface area contributed by atoms with E-state index in [2.05, 4.69) is 44.7 Å². The minimum absolute atomic E-state index is 0.0563. The van der Waals surface area contributed by atoms with Crippen LogP contribution in [0, 0.1) is 0 Å². The Labute approximate surface area is 125 Å². The van der Waals surface area contributed by atoms with Crippen LogP contribution < -0.4 is 10.6 Å². The highest BCUT2D eigenvalue weighted by Crippen LogP contribution is 2.45. The Bertz CT molecular complexity index is 527. The second-order valence-electron chi connectivity index (χ2n) is 6.95. The summed E-state index contributed by atoms with van der Waals surface area (Å²) in [5.74, 6) is 1.13. The summed E-state index contributed by atoms with van der Waals surface area (Å²) < 4.78 is 6.27. The number of thioether (sulfide) groups is 1. The molecular formula is C16H24N2OS. The first kappa shape index (κ1) is 14.1. The molecule has 0 bridgehead atoms. The molecule has 20 heavy (non-hydrogen) atoms. The van der Waals surface area contributed by atoms with Crippen LogP contribution in [-0.4, -0.2) is 29.5 Å². The third kappa shape index (κ3) is 2.40.